The van der Waals surface area contributed by atoms with E-state index in [0.717, 1.165) is 4.90 Å². The van der Waals surface area contributed by atoms with Gasteiger partial charge in [0.15, 0.2) is 18.1 Å². The maximum Gasteiger partial charge on any atom is 0.226 e. The fraction of sp³-hybridized carbons (Fsp3) is 0.714. The van der Waals surface area contributed by atoms with Crippen LogP contribution < -0.4 is 10.6 Å². The molecule has 2 aliphatic rings. The number of nitrogens with zero attached hydrogens (tertiary/aromatic N) is 3. The van der Waals surface area contributed by atoms with E-state index in [-0.39, 0.29) is 5.95 Å². The van der Waals surface area contributed by atoms with Crippen molar-refractivity contribution in [2.45, 2.75) is 48.9 Å². The van der Waals surface area contributed by atoms with Gasteiger partial charge in [-0.1, -0.05) is 25.1 Å². The average molecular weight is 359 g/mol. The van der Waals surface area contributed by atoms with E-state index in [1.807, 2.05) is 6.92 Å². The third-order valence-electron chi connectivity index (χ3n) is 4.00. The van der Waals surface area contributed by atoms with Crippen LogP contribution in [0.2, 0.25) is 0 Å². The predicted octanol–water partition coefficient (Wildman–Crippen LogP) is -0.488. The van der Waals surface area contributed by atoms with E-state index in [9.17, 15) is 15.3 Å². The second kappa shape index (κ2) is 6.98. The molecule has 0 aromatic carbocycles. The maximum absolute atomic E-state index is 10.8. The second-order valence-corrected chi connectivity index (χ2v) is 6.61. The zero-order valence-electron chi connectivity index (χ0n) is 14.2. The van der Waals surface area contributed by atoms with Gasteiger partial charge in [0.1, 0.15) is 6.10 Å². The lowest BCUT2D eigenvalue weighted by molar-refractivity contribution is -0.265. The van der Waals surface area contributed by atoms with Crippen LogP contribution in [0.5, 0.6) is 0 Å². The molecular formula is C14H22N4O5S. The van der Waals surface area contributed by atoms with Gasteiger partial charge >= 0.3 is 0 Å². The lowest BCUT2D eigenvalue weighted by Crippen LogP contribution is -2.54. The fourth-order valence-corrected chi connectivity index (χ4v) is 3.65. The number of aliphatic hydroxyl groups is 3. The summed E-state index contributed by atoms with van der Waals surface area (Å²) in [6.45, 7) is 0.271. The SMILES string of the molecule is [2H]C(CCC)O[C@]1(O)[C@@H](CO)OC(N2CSc3cnc(N)nc32)[C@@H]1O. The molecule has 0 amide bonds. The topological polar surface area (TPSA) is 134 Å². The minimum absolute atomic E-state index is 0.0816. The molecule has 3 heterocycles. The van der Waals surface area contributed by atoms with Crippen LogP contribution in [-0.2, 0) is 9.47 Å². The lowest BCUT2D eigenvalue weighted by atomic mass is 10.1. The molecule has 0 aliphatic carbocycles. The van der Waals surface area contributed by atoms with E-state index in [4.69, 9.17) is 16.6 Å². The standard InChI is InChI=1S/C14H22N4O5S/c1-2-3-4-22-14(21)9(6-19)23-12(10(14)20)18-7-24-8-5-16-13(15)17-11(8)18/h5,9-10,12,19-21H,2-4,6-7H2,1H3,(H2,15,16,17)/t9-,10+,12?,14-/m1/s1/i4D/t4?,9-,10+,12?,14-. The molecule has 0 radical (unpaired) electrons. The first-order valence-corrected chi connectivity index (χ1v) is 8.68. The molecule has 0 saturated carbocycles. The molecule has 9 nitrogen and oxygen atoms in total. The minimum Gasteiger partial charge on any atom is -0.393 e. The van der Waals surface area contributed by atoms with Crippen LogP contribution in [0.1, 0.15) is 21.1 Å². The Hall–Kier alpha value is -1.17. The Morgan fingerprint density at radius 2 is 2.46 bits per heavy atom. The van der Waals surface area contributed by atoms with Crippen molar-refractivity contribution < 1.29 is 26.2 Å². The molecule has 1 fully saturated rings. The predicted molar refractivity (Wildman–Crippen MR) is 87.2 cm³/mol. The maximum atomic E-state index is 10.8. The van der Waals surface area contributed by atoms with Gasteiger partial charge in [-0.2, -0.15) is 4.98 Å². The van der Waals surface area contributed by atoms with Gasteiger partial charge in [0, 0.05) is 6.20 Å². The number of nitrogens with two attached hydrogens (primary N) is 1. The largest absolute Gasteiger partial charge is 0.393 e. The van der Waals surface area contributed by atoms with Crippen LogP contribution in [0.15, 0.2) is 11.1 Å². The van der Waals surface area contributed by atoms with E-state index in [0.29, 0.717) is 24.5 Å². The van der Waals surface area contributed by atoms with E-state index in [1.165, 1.54) is 11.8 Å². The molecule has 0 spiro atoms. The van der Waals surface area contributed by atoms with Crippen LogP contribution >= 0.6 is 11.8 Å². The summed E-state index contributed by atoms with van der Waals surface area (Å²) in [5.74, 6) is -1.22. The van der Waals surface area contributed by atoms with E-state index < -0.39 is 37.4 Å². The average Bonchev–Trinajstić information content (AvgIpc) is 3.07. The first-order chi connectivity index (χ1) is 11.9. The molecule has 10 heteroatoms. The molecular weight excluding hydrogens is 336 g/mol. The van der Waals surface area contributed by atoms with Crippen molar-refractivity contribution in [3.8, 4) is 0 Å². The number of hydrogen-bond acceptors (Lipinski definition) is 10. The number of aromatic nitrogens is 2. The van der Waals surface area contributed by atoms with Crippen molar-refractivity contribution in [3.63, 3.8) is 0 Å². The summed E-state index contributed by atoms with van der Waals surface area (Å²) in [5, 5.41) is 31.0. The molecule has 0 bridgehead atoms. The lowest BCUT2D eigenvalue weighted by Gasteiger charge is -2.31. The van der Waals surface area contributed by atoms with Crippen LogP contribution in [-0.4, -0.2) is 68.6 Å². The number of aliphatic hydroxyl groups excluding tert-OH is 2. The van der Waals surface area contributed by atoms with Gasteiger partial charge in [-0.3, -0.25) is 0 Å². The summed E-state index contributed by atoms with van der Waals surface area (Å²) in [4.78, 5) is 10.5. The van der Waals surface area contributed by atoms with Gasteiger partial charge < -0.3 is 35.4 Å². The first-order valence-electron chi connectivity index (χ1n) is 8.27. The van der Waals surface area contributed by atoms with Gasteiger partial charge in [0.25, 0.3) is 0 Å². The van der Waals surface area contributed by atoms with Crippen LogP contribution in [0, 0.1) is 0 Å². The van der Waals surface area contributed by atoms with Gasteiger partial charge in [-0.25, -0.2) is 4.98 Å². The van der Waals surface area contributed by atoms with E-state index in [2.05, 4.69) is 9.97 Å². The zero-order valence-corrected chi connectivity index (χ0v) is 14.0. The number of hydrogen-bond donors (Lipinski definition) is 4. The van der Waals surface area contributed by atoms with Gasteiger partial charge in [-0.05, 0) is 6.42 Å². The summed E-state index contributed by atoms with van der Waals surface area (Å²) >= 11 is 1.44. The molecule has 1 saturated heterocycles. The molecule has 2 unspecified atom stereocenters. The number of nitrogen functional groups attached to an aromatic ring is 1. The first kappa shape index (κ1) is 16.3. The van der Waals surface area contributed by atoms with E-state index in [1.54, 1.807) is 11.1 Å². The van der Waals surface area contributed by atoms with Crippen molar-refractivity contribution in [2.24, 2.45) is 0 Å². The van der Waals surface area contributed by atoms with Crippen LogP contribution in [0.25, 0.3) is 0 Å². The Morgan fingerprint density at radius 1 is 1.67 bits per heavy atom. The Kier molecular flexibility index (Phi) is 4.74. The fourth-order valence-electron chi connectivity index (χ4n) is 2.69. The molecule has 3 rings (SSSR count). The summed E-state index contributed by atoms with van der Waals surface area (Å²) in [6, 6.07) is 0. The van der Waals surface area contributed by atoms with Crippen molar-refractivity contribution in [3.05, 3.63) is 6.20 Å². The Morgan fingerprint density at radius 3 is 3.17 bits per heavy atom. The van der Waals surface area contributed by atoms with Crippen molar-refractivity contribution in [1.29, 1.82) is 0 Å². The number of fused-ring (bicyclic) bond motifs is 1. The third kappa shape index (κ3) is 2.93. The number of anilines is 2. The second-order valence-electron chi connectivity index (χ2n) is 5.63. The Bertz CT molecular complexity index is 629. The summed E-state index contributed by atoms with van der Waals surface area (Å²) < 4.78 is 18.9. The van der Waals surface area contributed by atoms with Crippen LogP contribution in [0.4, 0.5) is 11.8 Å². The highest BCUT2D eigenvalue weighted by Crippen LogP contribution is 2.43. The molecule has 5 atom stereocenters. The highest BCUT2D eigenvalue weighted by atomic mass is 32.2. The van der Waals surface area contributed by atoms with Gasteiger partial charge in [-0.15, -0.1) is 0 Å². The highest BCUT2D eigenvalue weighted by molar-refractivity contribution is 7.99. The summed E-state index contributed by atoms with van der Waals surface area (Å²) in [5.41, 5.74) is 5.63. The third-order valence-corrected chi connectivity index (χ3v) is 5.00. The van der Waals surface area contributed by atoms with Crippen molar-refractivity contribution >= 4 is 23.5 Å². The molecule has 24 heavy (non-hydrogen) atoms. The smallest absolute Gasteiger partial charge is 0.226 e. The number of ether oxygens (including phenoxy) is 2. The van der Waals surface area contributed by atoms with E-state index >= 15 is 0 Å². The van der Waals surface area contributed by atoms with Crippen molar-refractivity contribution in [1.82, 2.24) is 9.97 Å². The highest BCUT2D eigenvalue weighted by Gasteiger charge is 2.59. The normalized spacial score (nSPS) is 34.2. The quantitative estimate of drug-likeness (QED) is 0.493. The Labute approximate surface area is 145 Å². The summed E-state index contributed by atoms with van der Waals surface area (Å²) in [7, 11) is 0. The van der Waals surface area contributed by atoms with Gasteiger partial charge in [0.05, 0.1) is 25.3 Å². The zero-order chi connectivity index (χ0) is 18.2. The van der Waals surface area contributed by atoms with Crippen LogP contribution in [0.3, 0.4) is 0 Å². The number of rotatable bonds is 6. The molecule has 1 aromatic rings. The minimum atomic E-state index is -2.19. The monoisotopic (exact) mass is 359 g/mol. The molecule has 2 aliphatic heterocycles. The Balaban J connectivity index is 1.84. The van der Waals surface area contributed by atoms with Crippen molar-refractivity contribution in [2.75, 3.05) is 29.7 Å². The molecule has 5 N–H and O–H groups in total. The molecule has 134 valence electrons. The summed E-state index contributed by atoms with van der Waals surface area (Å²) in [6.07, 6.45) is -1.05. The van der Waals surface area contributed by atoms with Gasteiger partial charge in [0.2, 0.25) is 11.7 Å². The number of thioether (sulfide) groups is 1. The molecule has 1 aromatic heterocycles.